The van der Waals surface area contributed by atoms with Crippen molar-refractivity contribution in [1.82, 2.24) is 20.5 Å². The number of imide groups is 1. The molecule has 3 heterocycles. The number of rotatable bonds is 4. The molecule has 0 saturated carbocycles. The van der Waals surface area contributed by atoms with Crippen molar-refractivity contribution in [3.05, 3.63) is 10.6 Å². The van der Waals surface area contributed by atoms with Crippen molar-refractivity contribution in [1.29, 1.82) is 0 Å². The molecule has 2 aliphatic heterocycles. The van der Waals surface area contributed by atoms with Gasteiger partial charge in [-0.1, -0.05) is 11.3 Å². The number of fused-ring (bicyclic) bond motifs is 1. The van der Waals surface area contributed by atoms with Crippen molar-refractivity contribution in [2.75, 3.05) is 25.0 Å². The Balaban J connectivity index is 1.54. The van der Waals surface area contributed by atoms with Crippen LogP contribution in [0.4, 0.5) is 9.93 Å². The van der Waals surface area contributed by atoms with Crippen LogP contribution >= 0.6 is 11.3 Å². The second-order valence-electron chi connectivity index (χ2n) is 5.54. The monoisotopic (exact) mass is 351 g/mol. The Bertz CT molecular complexity index is 701. The van der Waals surface area contributed by atoms with E-state index in [4.69, 9.17) is 0 Å². The van der Waals surface area contributed by atoms with E-state index < -0.39 is 6.03 Å². The minimum atomic E-state index is -0.475. The molecular formula is C14H17N5O4S. The van der Waals surface area contributed by atoms with Crippen LogP contribution < -0.4 is 16.0 Å². The first-order valence-corrected chi connectivity index (χ1v) is 8.51. The molecule has 0 aromatic carbocycles. The topological polar surface area (TPSA) is 120 Å². The van der Waals surface area contributed by atoms with Gasteiger partial charge >= 0.3 is 6.03 Å². The summed E-state index contributed by atoms with van der Waals surface area (Å²) in [6.45, 7) is 1.16. The average molecular weight is 351 g/mol. The van der Waals surface area contributed by atoms with Gasteiger partial charge in [0.1, 0.15) is 4.88 Å². The number of nitrogens with zero attached hydrogens (tertiary/aromatic N) is 2. The minimum Gasteiger partial charge on any atom is -0.351 e. The molecule has 5 amide bonds. The van der Waals surface area contributed by atoms with E-state index in [0.29, 0.717) is 35.2 Å². The van der Waals surface area contributed by atoms with Gasteiger partial charge in [-0.2, -0.15) is 0 Å². The van der Waals surface area contributed by atoms with Gasteiger partial charge in [-0.15, -0.1) is 0 Å². The number of carbonyl (C=O) groups is 4. The van der Waals surface area contributed by atoms with Crippen LogP contribution in [0.5, 0.6) is 0 Å². The van der Waals surface area contributed by atoms with Crippen molar-refractivity contribution in [2.24, 2.45) is 0 Å². The van der Waals surface area contributed by atoms with Crippen molar-refractivity contribution in [3.63, 3.8) is 0 Å². The molecule has 0 aliphatic carbocycles. The summed E-state index contributed by atoms with van der Waals surface area (Å²) < 4.78 is 0. The highest BCUT2D eigenvalue weighted by molar-refractivity contribution is 7.17. The molecule has 128 valence electrons. The van der Waals surface area contributed by atoms with Gasteiger partial charge in [0.05, 0.1) is 5.69 Å². The highest BCUT2D eigenvalue weighted by Gasteiger charge is 2.24. The van der Waals surface area contributed by atoms with Gasteiger partial charge in [-0.05, 0) is 12.8 Å². The molecule has 9 nitrogen and oxygen atoms in total. The molecule has 1 fully saturated rings. The number of aromatic nitrogens is 1. The standard InChI is InChI=1S/C14H17N5O4S/c20-9(3-6-19-7-4-10(21)18-14(19)23)17-13-16-8-2-1-5-15-12(22)11(8)24-13/h1-7H2,(H,15,22)(H,16,17,20)(H,18,21,23). The number of hydrogen-bond donors (Lipinski definition) is 3. The van der Waals surface area contributed by atoms with Crippen LogP contribution in [0.15, 0.2) is 0 Å². The Morgan fingerprint density at radius 2 is 2.12 bits per heavy atom. The zero-order valence-electron chi connectivity index (χ0n) is 12.9. The summed E-state index contributed by atoms with van der Waals surface area (Å²) in [5.74, 6) is -0.748. The molecule has 3 rings (SSSR count). The van der Waals surface area contributed by atoms with Crippen LogP contribution in [-0.2, 0) is 16.0 Å². The van der Waals surface area contributed by atoms with Gasteiger partial charge in [0.2, 0.25) is 11.8 Å². The minimum absolute atomic E-state index is 0.0953. The zero-order valence-corrected chi connectivity index (χ0v) is 13.7. The first kappa shape index (κ1) is 16.4. The van der Waals surface area contributed by atoms with Gasteiger partial charge in [0.25, 0.3) is 5.91 Å². The summed E-state index contributed by atoms with van der Waals surface area (Å²) in [5.41, 5.74) is 0.708. The van der Waals surface area contributed by atoms with Gasteiger partial charge in [-0.3, -0.25) is 19.7 Å². The molecule has 0 unspecified atom stereocenters. The summed E-state index contributed by atoms with van der Waals surface area (Å²) in [6, 6.07) is -0.475. The molecule has 10 heteroatoms. The maximum Gasteiger partial charge on any atom is 0.324 e. The molecule has 0 spiro atoms. The van der Waals surface area contributed by atoms with Crippen LogP contribution in [0, 0.1) is 0 Å². The molecule has 3 N–H and O–H groups in total. The molecule has 1 saturated heterocycles. The number of aryl methyl sites for hydroxylation is 1. The average Bonchev–Trinajstić information content (AvgIpc) is 2.85. The predicted molar refractivity (Wildman–Crippen MR) is 85.7 cm³/mol. The first-order chi connectivity index (χ1) is 11.5. The van der Waals surface area contributed by atoms with E-state index in [-0.39, 0.29) is 37.1 Å². The van der Waals surface area contributed by atoms with Crippen LogP contribution in [0.25, 0.3) is 0 Å². The highest BCUT2D eigenvalue weighted by Crippen LogP contribution is 2.25. The molecule has 1 aromatic rings. The number of hydrogen-bond acceptors (Lipinski definition) is 6. The molecule has 0 atom stereocenters. The van der Waals surface area contributed by atoms with Gasteiger partial charge in [-0.25, -0.2) is 9.78 Å². The van der Waals surface area contributed by atoms with Crippen molar-refractivity contribution < 1.29 is 19.2 Å². The van der Waals surface area contributed by atoms with E-state index in [9.17, 15) is 19.2 Å². The fourth-order valence-electron chi connectivity index (χ4n) is 2.52. The van der Waals surface area contributed by atoms with Gasteiger partial charge in [0.15, 0.2) is 5.13 Å². The predicted octanol–water partition coefficient (Wildman–Crippen LogP) is 0.0896. The zero-order chi connectivity index (χ0) is 17.1. The number of nitrogens with one attached hydrogen (secondary N) is 3. The SMILES string of the molecule is O=C1CCN(CCC(=O)Nc2nc3c(s2)C(=O)NCCC3)C(=O)N1. The third-order valence-electron chi connectivity index (χ3n) is 3.78. The Morgan fingerprint density at radius 3 is 2.92 bits per heavy atom. The van der Waals surface area contributed by atoms with E-state index in [1.54, 1.807) is 0 Å². The molecule has 0 radical (unpaired) electrons. The second kappa shape index (κ2) is 6.95. The number of urea groups is 1. The van der Waals surface area contributed by atoms with E-state index in [0.717, 1.165) is 17.8 Å². The Labute approximate surface area is 141 Å². The maximum absolute atomic E-state index is 12.0. The summed E-state index contributed by atoms with van der Waals surface area (Å²) in [5, 5.41) is 8.05. The molecule has 2 aliphatic rings. The fourth-order valence-corrected chi connectivity index (χ4v) is 3.47. The molecule has 0 bridgehead atoms. The number of anilines is 1. The number of thiazole rings is 1. The highest BCUT2D eigenvalue weighted by atomic mass is 32.1. The lowest BCUT2D eigenvalue weighted by Crippen LogP contribution is -2.50. The van der Waals surface area contributed by atoms with E-state index in [1.807, 2.05) is 0 Å². The second-order valence-corrected chi connectivity index (χ2v) is 6.54. The molecule has 1 aromatic heterocycles. The van der Waals surface area contributed by atoms with Gasteiger partial charge < -0.3 is 15.5 Å². The smallest absolute Gasteiger partial charge is 0.324 e. The Kier molecular flexibility index (Phi) is 4.74. The van der Waals surface area contributed by atoms with Crippen molar-refractivity contribution >= 4 is 40.2 Å². The lowest BCUT2D eigenvalue weighted by molar-refractivity contribution is -0.121. The quantitative estimate of drug-likeness (QED) is 0.710. The summed E-state index contributed by atoms with van der Waals surface area (Å²) in [7, 11) is 0. The third-order valence-corrected chi connectivity index (χ3v) is 4.79. The largest absolute Gasteiger partial charge is 0.351 e. The van der Waals surface area contributed by atoms with Crippen molar-refractivity contribution in [2.45, 2.75) is 25.7 Å². The molecule has 24 heavy (non-hydrogen) atoms. The fraction of sp³-hybridized carbons (Fsp3) is 0.500. The summed E-state index contributed by atoms with van der Waals surface area (Å²) >= 11 is 1.15. The van der Waals surface area contributed by atoms with Crippen LogP contribution in [-0.4, -0.2) is 53.3 Å². The van der Waals surface area contributed by atoms with E-state index in [1.165, 1.54) is 4.90 Å². The van der Waals surface area contributed by atoms with Crippen LogP contribution in [0.2, 0.25) is 0 Å². The lowest BCUT2D eigenvalue weighted by atomic mass is 10.2. The Morgan fingerprint density at radius 1 is 1.29 bits per heavy atom. The van der Waals surface area contributed by atoms with Gasteiger partial charge in [0, 0.05) is 32.5 Å². The van der Waals surface area contributed by atoms with Crippen molar-refractivity contribution in [3.8, 4) is 0 Å². The normalized spacial score (nSPS) is 17.7. The van der Waals surface area contributed by atoms with E-state index >= 15 is 0 Å². The third kappa shape index (κ3) is 3.70. The van der Waals surface area contributed by atoms with Crippen LogP contribution in [0.1, 0.15) is 34.6 Å². The maximum atomic E-state index is 12.0. The number of carbonyl (C=O) groups excluding carboxylic acids is 4. The summed E-state index contributed by atoms with van der Waals surface area (Å²) in [4.78, 5) is 52.8. The number of amides is 5. The van der Waals surface area contributed by atoms with Crippen LogP contribution in [0.3, 0.4) is 0 Å². The lowest BCUT2D eigenvalue weighted by Gasteiger charge is -2.26. The summed E-state index contributed by atoms with van der Waals surface area (Å²) in [6.07, 6.45) is 1.85. The first-order valence-electron chi connectivity index (χ1n) is 7.69. The van der Waals surface area contributed by atoms with E-state index in [2.05, 4.69) is 20.9 Å². The Hall–Kier alpha value is -2.49. The molecular weight excluding hydrogens is 334 g/mol.